The highest BCUT2D eigenvalue weighted by Crippen LogP contribution is 2.30. The highest BCUT2D eigenvalue weighted by atomic mass is 15.1. The number of hydrogen-bond acceptors (Lipinski definition) is 1. The molecule has 0 amide bonds. The van der Waals surface area contributed by atoms with Crippen LogP contribution in [-0.2, 0) is 23.9 Å². The maximum Gasteiger partial charge on any atom is 0.341 e. The Kier molecular flexibility index (Phi) is 7.02. The van der Waals surface area contributed by atoms with Gasteiger partial charge in [-0.2, -0.15) is 0 Å². The Hall–Kier alpha value is -3.14. The van der Waals surface area contributed by atoms with Crippen LogP contribution in [0.15, 0.2) is 67.0 Å². The first-order chi connectivity index (χ1) is 15.0. The van der Waals surface area contributed by atoms with Crippen molar-refractivity contribution in [2.75, 3.05) is 0 Å². The van der Waals surface area contributed by atoms with Crippen molar-refractivity contribution in [2.45, 2.75) is 65.5 Å². The average molecular weight is 430 g/mol. The molecule has 0 aliphatic rings. The van der Waals surface area contributed by atoms with Gasteiger partial charge in [0.15, 0.2) is 0 Å². The van der Waals surface area contributed by atoms with E-state index in [9.17, 15) is 0 Å². The summed E-state index contributed by atoms with van der Waals surface area (Å²) in [5, 5.41) is 3.29. The van der Waals surface area contributed by atoms with Crippen LogP contribution >= 0.6 is 0 Å². The minimum Gasteiger partial charge on any atom is -0.291 e. The predicted octanol–water partition coefficient (Wildman–Crippen LogP) is 4.03. The Morgan fingerprint density at radius 1 is 0.781 bits per heavy atom. The van der Waals surface area contributed by atoms with E-state index in [2.05, 4.69) is 99.3 Å². The van der Waals surface area contributed by atoms with Gasteiger partial charge in [0.05, 0.1) is 13.1 Å². The molecule has 0 radical (unpaired) electrons. The molecule has 2 aromatic carbocycles. The molecule has 1 heterocycles. The molecular formula is C28H37N4+. The summed E-state index contributed by atoms with van der Waals surface area (Å²) in [6.07, 6.45) is 3.63. The molecule has 0 spiro atoms. The molecule has 168 valence electrons. The Morgan fingerprint density at radius 3 is 1.84 bits per heavy atom. The van der Waals surface area contributed by atoms with Crippen molar-refractivity contribution in [3.63, 3.8) is 0 Å². The lowest BCUT2D eigenvalue weighted by Crippen LogP contribution is -2.77. The van der Waals surface area contributed by atoms with Gasteiger partial charge in [0.2, 0.25) is 0 Å². The van der Waals surface area contributed by atoms with Crippen LogP contribution in [0.5, 0.6) is 0 Å². The third kappa shape index (κ3) is 6.43. The van der Waals surface area contributed by atoms with Crippen LogP contribution in [0.1, 0.15) is 63.8 Å². The van der Waals surface area contributed by atoms with Crippen molar-refractivity contribution in [1.29, 1.82) is 0 Å². The SMILES string of the molecule is CC(C)(C)c1cc(C[NH+]=C(N)NCc2ccc(-c3ccncc3)cc2)cc(C(C)(C)C)c1. The topological polar surface area (TPSA) is 64.9 Å². The molecular weight excluding hydrogens is 392 g/mol. The van der Waals surface area contributed by atoms with Gasteiger partial charge in [-0.05, 0) is 56.3 Å². The van der Waals surface area contributed by atoms with Crippen LogP contribution in [-0.4, -0.2) is 10.9 Å². The van der Waals surface area contributed by atoms with Crippen LogP contribution in [0.2, 0.25) is 0 Å². The first-order valence-electron chi connectivity index (χ1n) is 11.3. The molecule has 0 atom stereocenters. The number of rotatable bonds is 5. The van der Waals surface area contributed by atoms with Crippen molar-refractivity contribution in [1.82, 2.24) is 10.3 Å². The number of nitrogens with one attached hydrogen (secondary N) is 2. The minimum absolute atomic E-state index is 0.103. The number of nitrogens with two attached hydrogens (primary N) is 1. The van der Waals surface area contributed by atoms with Gasteiger partial charge < -0.3 is 0 Å². The molecule has 0 aliphatic heterocycles. The fraction of sp³-hybridized carbons (Fsp3) is 0.357. The molecule has 0 bridgehead atoms. The lowest BCUT2D eigenvalue weighted by molar-refractivity contribution is -0.478. The first kappa shape index (κ1) is 23.5. The minimum atomic E-state index is 0.103. The first-order valence-corrected chi connectivity index (χ1v) is 11.3. The van der Waals surface area contributed by atoms with E-state index in [1.165, 1.54) is 33.4 Å². The van der Waals surface area contributed by atoms with Crippen molar-refractivity contribution in [3.8, 4) is 11.1 Å². The molecule has 0 fully saturated rings. The third-order valence-corrected chi connectivity index (χ3v) is 5.66. The summed E-state index contributed by atoms with van der Waals surface area (Å²) in [6, 6.07) is 19.4. The van der Waals surface area contributed by atoms with Crippen molar-refractivity contribution in [2.24, 2.45) is 5.73 Å². The van der Waals surface area contributed by atoms with E-state index in [1.54, 1.807) is 0 Å². The van der Waals surface area contributed by atoms with Gasteiger partial charge in [0.1, 0.15) is 0 Å². The second-order valence-corrected chi connectivity index (χ2v) is 10.5. The average Bonchev–Trinajstić information content (AvgIpc) is 2.76. The molecule has 0 saturated heterocycles. The summed E-state index contributed by atoms with van der Waals surface area (Å²) < 4.78 is 0. The number of benzene rings is 2. The molecule has 4 nitrogen and oxygen atoms in total. The summed E-state index contributed by atoms with van der Waals surface area (Å²) in [5.41, 5.74) is 13.9. The molecule has 0 unspecified atom stereocenters. The van der Waals surface area contributed by atoms with Gasteiger partial charge in [0, 0.05) is 12.4 Å². The summed E-state index contributed by atoms with van der Waals surface area (Å²) in [4.78, 5) is 7.42. The second kappa shape index (κ2) is 9.56. The van der Waals surface area contributed by atoms with Gasteiger partial charge in [-0.3, -0.25) is 21.0 Å². The van der Waals surface area contributed by atoms with E-state index < -0.39 is 0 Å². The van der Waals surface area contributed by atoms with E-state index in [0.29, 0.717) is 19.0 Å². The smallest absolute Gasteiger partial charge is 0.291 e. The number of guanidine groups is 1. The Bertz CT molecular complexity index is 1020. The molecule has 3 aromatic rings. The summed E-state index contributed by atoms with van der Waals surface area (Å²) >= 11 is 0. The molecule has 4 N–H and O–H groups in total. The van der Waals surface area contributed by atoms with E-state index in [1.807, 2.05) is 24.5 Å². The highest BCUT2D eigenvalue weighted by molar-refractivity contribution is 5.71. The van der Waals surface area contributed by atoms with Crippen LogP contribution < -0.4 is 16.0 Å². The molecule has 4 heteroatoms. The van der Waals surface area contributed by atoms with Crippen molar-refractivity contribution >= 4 is 5.96 Å². The monoisotopic (exact) mass is 429 g/mol. The summed E-state index contributed by atoms with van der Waals surface area (Å²) in [6.45, 7) is 14.9. The predicted molar refractivity (Wildman–Crippen MR) is 134 cm³/mol. The van der Waals surface area contributed by atoms with Gasteiger partial charge in [0.25, 0.3) is 0 Å². The molecule has 3 rings (SSSR count). The fourth-order valence-corrected chi connectivity index (χ4v) is 3.48. The highest BCUT2D eigenvalue weighted by Gasteiger charge is 2.20. The summed E-state index contributed by atoms with van der Waals surface area (Å²) in [5.74, 6) is 0.585. The normalized spacial score (nSPS) is 12.6. The van der Waals surface area contributed by atoms with Crippen LogP contribution in [0.4, 0.5) is 0 Å². The number of nitrogens with zero attached hydrogens (tertiary/aromatic N) is 1. The molecule has 1 aromatic heterocycles. The van der Waals surface area contributed by atoms with E-state index in [4.69, 9.17) is 5.73 Å². The Morgan fingerprint density at radius 2 is 1.31 bits per heavy atom. The van der Waals surface area contributed by atoms with E-state index in [0.717, 1.165) is 0 Å². The third-order valence-electron chi connectivity index (χ3n) is 5.66. The van der Waals surface area contributed by atoms with Gasteiger partial charge >= 0.3 is 5.96 Å². The van der Waals surface area contributed by atoms with E-state index in [-0.39, 0.29) is 10.8 Å². The van der Waals surface area contributed by atoms with E-state index >= 15 is 0 Å². The fourth-order valence-electron chi connectivity index (χ4n) is 3.48. The maximum absolute atomic E-state index is 6.23. The summed E-state index contributed by atoms with van der Waals surface area (Å²) in [7, 11) is 0. The second-order valence-electron chi connectivity index (χ2n) is 10.5. The lowest BCUT2D eigenvalue weighted by Gasteiger charge is -2.26. The van der Waals surface area contributed by atoms with Gasteiger partial charge in [-0.15, -0.1) is 0 Å². The van der Waals surface area contributed by atoms with Crippen LogP contribution in [0, 0.1) is 0 Å². The van der Waals surface area contributed by atoms with Crippen LogP contribution in [0.25, 0.3) is 11.1 Å². The maximum atomic E-state index is 6.23. The lowest BCUT2D eigenvalue weighted by atomic mass is 9.79. The standard InChI is InChI=1S/C28H36N4/c1-27(2,3)24-15-21(16-25(17-24)28(4,5)6)19-32-26(29)31-18-20-7-9-22(10-8-20)23-11-13-30-14-12-23/h7-17H,18-19H2,1-6H3,(H3,29,31,32)/p+1. The van der Waals surface area contributed by atoms with Gasteiger partial charge in [-0.25, -0.2) is 0 Å². The van der Waals surface area contributed by atoms with Gasteiger partial charge in [-0.1, -0.05) is 84.0 Å². The zero-order valence-electron chi connectivity index (χ0n) is 20.3. The molecule has 32 heavy (non-hydrogen) atoms. The zero-order valence-corrected chi connectivity index (χ0v) is 20.3. The quantitative estimate of drug-likeness (QED) is 0.424. The number of aromatic nitrogens is 1. The molecule has 0 aliphatic carbocycles. The van der Waals surface area contributed by atoms with Crippen LogP contribution in [0.3, 0.4) is 0 Å². The Labute approximate surface area is 193 Å². The Balaban J connectivity index is 1.66. The largest absolute Gasteiger partial charge is 0.341 e. The molecule has 0 saturated carbocycles. The zero-order chi connectivity index (χ0) is 23.4. The van der Waals surface area contributed by atoms with Crippen molar-refractivity contribution < 1.29 is 4.99 Å². The number of hydrogen-bond donors (Lipinski definition) is 3. The number of pyridine rings is 1. The van der Waals surface area contributed by atoms with Crippen molar-refractivity contribution in [3.05, 3.63) is 89.2 Å².